The van der Waals surface area contributed by atoms with E-state index in [1.807, 2.05) is 35.4 Å². The Kier molecular flexibility index (Phi) is 5.63. The van der Waals surface area contributed by atoms with Crippen LogP contribution in [0, 0.1) is 0 Å². The number of morpholine rings is 1. The van der Waals surface area contributed by atoms with Crippen molar-refractivity contribution in [1.29, 1.82) is 0 Å². The molecule has 0 unspecified atom stereocenters. The molecule has 2 N–H and O–H groups in total. The number of ether oxygens (including phenoxy) is 1. The van der Waals surface area contributed by atoms with Crippen molar-refractivity contribution in [3.05, 3.63) is 65.9 Å². The Morgan fingerprint density at radius 2 is 1.82 bits per heavy atom. The Balaban J connectivity index is 1.50. The molecule has 1 saturated heterocycles. The van der Waals surface area contributed by atoms with E-state index in [4.69, 9.17) is 10.5 Å². The van der Waals surface area contributed by atoms with Crippen molar-refractivity contribution in [2.45, 2.75) is 25.8 Å². The van der Waals surface area contributed by atoms with Crippen LogP contribution >= 0.6 is 0 Å². The largest absolute Gasteiger partial charge is 0.399 e. The summed E-state index contributed by atoms with van der Waals surface area (Å²) in [5.74, 6) is 0.0712. The van der Waals surface area contributed by atoms with E-state index in [2.05, 4.69) is 28.8 Å². The molecule has 0 atom stereocenters. The second kappa shape index (κ2) is 8.48. The molecule has 3 aromatic rings. The number of hydrogen-bond acceptors (Lipinski definition) is 3. The van der Waals surface area contributed by atoms with Crippen LogP contribution in [-0.2, 0) is 17.7 Å². The number of hydrogen-bond donors (Lipinski definition) is 1. The van der Waals surface area contributed by atoms with Crippen LogP contribution in [0.4, 0.5) is 5.69 Å². The third-order valence-corrected chi connectivity index (χ3v) is 5.39. The highest BCUT2D eigenvalue weighted by molar-refractivity contribution is 6.07. The van der Waals surface area contributed by atoms with Crippen molar-refractivity contribution in [2.24, 2.45) is 0 Å². The number of aryl methyl sites for hydroxylation is 2. The highest BCUT2D eigenvalue weighted by atomic mass is 16.5. The number of amides is 1. The maximum atomic E-state index is 13.1. The van der Waals surface area contributed by atoms with E-state index in [0.29, 0.717) is 32.0 Å². The fourth-order valence-corrected chi connectivity index (χ4v) is 3.86. The van der Waals surface area contributed by atoms with Gasteiger partial charge in [0.1, 0.15) is 0 Å². The number of carbonyl (C=O) groups is 1. The summed E-state index contributed by atoms with van der Waals surface area (Å²) in [6.45, 7) is 3.39. The number of aromatic nitrogens is 1. The minimum atomic E-state index is 0.0712. The molecule has 0 bridgehead atoms. The first-order chi connectivity index (χ1) is 13.7. The van der Waals surface area contributed by atoms with Gasteiger partial charge in [-0.3, -0.25) is 4.79 Å². The molecule has 0 saturated carbocycles. The van der Waals surface area contributed by atoms with Gasteiger partial charge in [-0.05, 0) is 43.0 Å². The summed E-state index contributed by atoms with van der Waals surface area (Å²) >= 11 is 0. The Morgan fingerprint density at radius 1 is 1.04 bits per heavy atom. The summed E-state index contributed by atoms with van der Waals surface area (Å²) in [4.78, 5) is 14.9. The van der Waals surface area contributed by atoms with Gasteiger partial charge in [0.15, 0.2) is 0 Å². The Labute approximate surface area is 165 Å². The van der Waals surface area contributed by atoms with E-state index in [1.54, 1.807) is 0 Å². The summed E-state index contributed by atoms with van der Waals surface area (Å²) in [7, 11) is 0. The van der Waals surface area contributed by atoms with Gasteiger partial charge in [0.2, 0.25) is 0 Å². The maximum Gasteiger partial charge on any atom is 0.256 e. The van der Waals surface area contributed by atoms with Gasteiger partial charge in [-0.2, -0.15) is 0 Å². The van der Waals surface area contributed by atoms with Gasteiger partial charge in [0, 0.05) is 42.4 Å². The monoisotopic (exact) mass is 377 g/mol. The van der Waals surface area contributed by atoms with E-state index in [9.17, 15) is 4.79 Å². The molecule has 5 heteroatoms. The van der Waals surface area contributed by atoms with Gasteiger partial charge >= 0.3 is 0 Å². The molecule has 1 aromatic heterocycles. The molecule has 5 nitrogen and oxygen atoms in total. The average Bonchev–Trinajstić information content (AvgIpc) is 3.09. The smallest absolute Gasteiger partial charge is 0.256 e. The van der Waals surface area contributed by atoms with Crippen LogP contribution in [0.5, 0.6) is 0 Å². The molecule has 0 aliphatic carbocycles. The third-order valence-electron chi connectivity index (χ3n) is 5.39. The highest BCUT2D eigenvalue weighted by Gasteiger charge is 2.22. The molecule has 2 aromatic carbocycles. The van der Waals surface area contributed by atoms with Gasteiger partial charge in [-0.15, -0.1) is 0 Å². The van der Waals surface area contributed by atoms with Crippen LogP contribution < -0.4 is 5.73 Å². The average molecular weight is 377 g/mol. The lowest BCUT2D eigenvalue weighted by Gasteiger charge is -2.26. The summed E-state index contributed by atoms with van der Waals surface area (Å²) in [6.07, 6.45) is 5.26. The fourth-order valence-electron chi connectivity index (χ4n) is 3.86. The molecule has 1 aliphatic rings. The van der Waals surface area contributed by atoms with Gasteiger partial charge in [-0.25, -0.2) is 0 Å². The lowest BCUT2D eigenvalue weighted by Crippen LogP contribution is -2.40. The second-order valence-corrected chi connectivity index (χ2v) is 7.36. The van der Waals surface area contributed by atoms with Crippen molar-refractivity contribution >= 4 is 22.5 Å². The highest BCUT2D eigenvalue weighted by Crippen LogP contribution is 2.26. The molecule has 4 rings (SSSR count). The van der Waals surface area contributed by atoms with Gasteiger partial charge in [0.25, 0.3) is 5.91 Å². The fraction of sp³-hybridized carbons (Fsp3) is 0.348. The standard InChI is InChI=1S/C23H27N3O2/c24-19-9-10-22-20(16-19)21(23(27)25-12-14-28-15-13-25)17-26(22)11-5-4-8-18-6-2-1-3-7-18/h1-3,6-7,9-10,16-17H,4-5,8,11-15,24H2. The van der Waals surface area contributed by atoms with E-state index in [-0.39, 0.29) is 5.91 Å². The van der Waals surface area contributed by atoms with Crippen molar-refractivity contribution < 1.29 is 9.53 Å². The number of nitrogen functional groups attached to an aromatic ring is 1. The zero-order chi connectivity index (χ0) is 19.3. The Bertz CT molecular complexity index is 943. The number of nitrogens with two attached hydrogens (primary N) is 1. The van der Waals surface area contributed by atoms with Crippen molar-refractivity contribution in [1.82, 2.24) is 9.47 Å². The number of anilines is 1. The number of nitrogens with zero attached hydrogens (tertiary/aromatic N) is 2. The number of benzene rings is 2. The Morgan fingerprint density at radius 3 is 2.61 bits per heavy atom. The van der Waals surface area contributed by atoms with E-state index < -0.39 is 0 Å². The summed E-state index contributed by atoms with van der Waals surface area (Å²) in [6, 6.07) is 16.4. The molecular weight excluding hydrogens is 350 g/mol. The normalized spacial score (nSPS) is 14.5. The van der Waals surface area contributed by atoms with Gasteiger partial charge < -0.3 is 19.9 Å². The number of carbonyl (C=O) groups excluding carboxylic acids is 1. The van der Waals surface area contributed by atoms with Crippen LogP contribution in [0.1, 0.15) is 28.8 Å². The second-order valence-electron chi connectivity index (χ2n) is 7.36. The molecule has 1 aliphatic heterocycles. The SMILES string of the molecule is Nc1ccc2c(c1)c(C(=O)N1CCOCC1)cn2CCCCc1ccccc1. The molecule has 2 heterocycles. The predicted octanol–water partition coefficient (Wildman–Crippen LogP) is 3.72. The summed E-state index contributed by atoms with van der Waals surface area (Å²) in [5.41, 5.74) is 9.89. The van der Waals surface area contributed by atoms with Crippen LogP contribution in [0.2, 0.25) is 0 Å². The first-order valence-corrected chi connectivity index (χ1v) is 10.0. The van der Waals surface area contributed by atoms with E-state index >= 15 is 0 Å². The zero-order valence-electron chi connectivity index (χ0n) is 16.1. The maximum absolute atomic E-state index is 13.1. The molecular formula is C23H27N3O2. The number of fused-ring (bicyclic) bond motifs is 1. The molecule has 1 amide bonds. The van der Waals surface area contributed by atoms with Crippen LogP contribution in [-0.4, -0.2) is 41.7 Å². The molecule has 0 radical (unpaired) electrons. The molecule has 1 fully saturated rings. The summed E-state index contributed by atoms with van der Waals surface area (Å²) < 4.78 is 7.58. The molecule has 0 spiro atoms. The third kappa shape index (κ3) is 4.04. The van der Waals surface area contributed by atoms with E-state index in [1.165, 1.54) is 5.56 Å². The van der Waals surface area contributed by atoms with Crippen LogP contribution in [0.15, 0.2) is 54.7 Å². The minimum Gasteiger partial charge on any atom is -0.399 e. The van der Waals surface area contributed by atoms with Crippen molar-refractivity contribution in [3.63, 3.8) is 0 Å². The van der Waals surface area contributed by atoms with Crippen LogP contribution in [0.3, 0.4) is 0 Å². The van der Waals surface area contributed by atoms with Gasteiger partial charge in [-0.1, -0.05) is 30.3 Å². The van der Waals surface area contributed by atoms with E-state index in [0.717, 1.165) is 42.3 Å². The zero-order valence-corrected chi connectivity index (χ0v) is 16.1. The Hall–Kier alpha value is -2.79. The lowest BCUT2D eigenvalue weighted by molar-refractivity contribution is 0.0304. The number of unbranched alkanes of at least 4 members (excludes halogenated alkanes) is 1. The lowest BCUT2D eigenvalue weighted by atomic mass is 10.1. The van der Waals surface area contributed by atoms with Crippen LogP contribution in [0.25, 0.3) is 10.9 Å². The quantitative estimate of drug-likeness (QED) is 0.526. The number of rotatable bonds is 6. The molecule has 28 heavy (non-hydrogen) atoms. The minimum absolute atomic E-state index is 0.0712. The predicted molar refractivity (Wildman–Crippen MR) is 112 cm³/mol. The summed E-state index contributed by atoms with van der Waals surface area (Å²) in [5, 5.41) is 0.944. The van der Waals surface area contributed by atoms with Crippen molar-refractivity contribution in [2.75, 3.05) is 32.0 Å². The van der Waals surface area contributed by atoms with Crippen molar-refractivity contribution in [3.8, 4) is 0 Å². The molecule has 146 valence electrons. The first-order valence-electron chi connectivity index (χ1n) is 10.0. The van der Waals surface area contributed by atoms with Gasteiger partial charge in [0.05, 0.1) is 18.8 Å². The first kappa shape index (κ1) is 18.6. The topological polar surface area (TPSA) is 60.5 Å².